The Morgan fingerprint density at radius 2 is 1.61 bits per heavy atom. The Labute approximate surface area is 166 Å². The molecule has 6 nitrogen and oxygen atoms in total. The minimum absolute atomic E-state index is 0.0622. The minimum atomic E-state index is -0.644. The highest BCUT2D eigenvalue weighted by molar-refractivity contribution is 6.39. The average Bonchev–Trinajstić information content (AvgIpc) is 3.23. The molecule has 1 heterocycles. The largest absolute Gasteiger partial charge is 0.378 e. The van der Waals surface area contributed by atoms with E-state index in [1.807, 2.05) is 32.3 Å². The van der Waals surface area contributed by atoms with Crippen molar-refractivity contribution >= 4 is 23.2 Å². The molecule has 1 fully saturated rings. The van der Waals surface area contributed by atoms with Gasteiger partial charge in [-0.2, -0.15) is 0 Å². The molecule has 28 heavy (non-hydrogen) atoms. The normalized spacial score (nSPS) is 15.1. The predicted octanol–water partition coefficient (Wildman–Crippen LogP) is 2.64. The van der Waals surface area contributed by atoms with Crippen LogP contribution >= 0.6 is 0 Å². The van der Waals surface area contributed by atoms with Gasteiger partial charge in [-0.15, -0.1) is 0 Å². The van der Waals surface area contributed by atoms with Crippen LogP contribution in [0.15, 0.2) is 54.6 Å². The quantitative estimate of drug-likeness (QED) is 0.757. The van der Waals surface area contributed by atoms with Crippen LogP contribution in [-0.2, 0) is 9.59 Å². The third-order valence-corrected chi connectivity index (χ3v) is 5.07. The highest BCUT2D eigenvalue weighted by Crippen LogP contribution is 2.26. The Morgan fingerprint density at radius 3 is 2.21 bits per heavy atom. The Hall–Kier alpha value is -2.86. The van der Waals surface area contributed by atoms with Crippen LogP contribution in [0.1, 0.15) is 24.4 Å². The minimum Gasteiger partial charge on any atom is -0.378 e. The molecule has 0 aromatic heterocycles. The molecule has 148 valence electrons. The summed E-state index contributed by atoms with van der Waals surface area (Å²) in [6.07, 6.45) is 2.32. The molecule has 1 saturated heterocycles. The fourth-order valence-corrected chi connectivity index (χ4v) is 3.48. The van der Waals surface area contributed by atoms with Crippen molar-refractivity contribution in [3.05, 3.63) is 60.2 Å². The molecule has 0 unspecified atom stereocenters. The van der Waals surface area contributed by atoms with Gasteiger partial charge in [-0.3, -0.25) is 14.5 Å². The summed E-state index contributed by atoms with van der Waals surface area (Å²) in [4.78, 5) is 28.9. The first kappa shape index (κ1) is 19.9. The van der Waals surface area contributed by atoms with Crippen molar-refractivity contribution in [1.29, 1.82) is 0 Å². The van der Waals surface area contributed by atoms with E-state index in [2.05, 4.69) is 44.7 Å². The third-order valence-electron chi connectivity index (χ3n) is 5.07. The van der Waals surface area contributed by atoms with Gasteiger partial charge < -0.3 is 15.5 Å². The van der Waals surface area contributed by atoms with E-state index in [1.54, 1.807) is 12.1 Å². The van der Waals surface area contributed by atoms with E-state index in [4.69, 9.17) is 0 Å². The van der Waals surface area contributed by atoms with Gasteiger partial charge in [-0.1, -0.05) is 30.3 Å². The van der Waals surface area contributed by atoms with Crippen LogP contribution < -0.4 is 15.5 Å². The fourth-order valence-electron chi connectivity index (χ4n) is 3.48. The van der Waals surface area contributed by atoms with Gasteiger partial charge in [-0.25, -0.2) is 0 Å². The molecular formula is C22H28N4O2. The smallest absolute Gasteiger partial charge is 0.313 e. The average molecular weight is 380 g/mol. The number of carbonyl (C=O) groups is 2. The Kier molecular flexibility index (Phi) is 6.66. The van der Waals surface area contributed by atoms with E-state index in [1.165, 1.54) is 0 Å². The van der Waals surface area contributed by atoms with Gasteiger partial charge in [0.05, 0.1) is 6.04 Å². The van der Waals surface area contributed by atoms with Crippen molar-refractivity contribution in [3.63, 3.8) is 0 Å². The molecule has 0 saturated carbocycles. The highest BCUT2D eigenvalue weighted by Gasteiger charge is 2.25. The fraction of sp³-hybridized carbons (Fsp3) is 0.364. The number of anilines is 2. The lowest BCUT2D eigenvalue weighted by Crippen LogP contribution is -2.41. The number of para-hydroxylation sites is 1. The van der Waals surface area contributed by atoms with E-state index in [0.29, 0.717) is 12.2 Å². The highest BCUT2D eigenvalue weighted by atomic mass is 16.2. The molecule has 0 spiro atoms. The topological polar surface area (TPSA) is 64.7 Å². The Morgan fingerprint density at radius 1 is 0.964 bits per heavy atom. The van der Waals surface area contributed by atoms with Gasteiger partial charge in [0.2, 0.25) is 0 Å². The molecule has 2 amide bonds. The Bertz CT molecular complexity index is 784. The zero-order valence-electron chi connectivity index (χ0n) is 16.5. The van der Waals surface area contributed by atoms with E-state index in [-0.39, 0.29) is 6.04 Å². The number of hydrogen-bond acceptors (Lipinski definition) is 4. The first-order chi connectivity index (χ1) is 13.5. The van der Waals surface area contributed by atoms with E-state index >= 15 is 0 Å². The molecule has 2 aromatic carbocycles. The van der Waals surface area contributed by atoms with Crippen molar-refractivity contribution < 1.29 is 9.59 Å². The second kappa shape index (κ2) is 9.37. The monoisotopic (exact) mass is 380 g/mol. The van der Waals surface area contributed by atoms with Crippen molar-refractivity contribution in [2.24, 2.45) is 0 Å². The standard InChI is InChI=1S/C22H28N4O2/c1-25(2)19-12-10-17(11-13-19)20(26-14-6-7-15-26)16-23-21(27)22(28)24-18-8-4-3-5-9-18/h3-5,8-13,20H,6-7,14-16H2,1-2H3,(H,23,27)(H,24,28)/t20-/m1/s1. The van der Waals surface area contributed by atoms with Crippen LogP contribution in [0.3, 0.4) is 0 Å². The van der Waals surface area contributed by atoms with Crippen LogP contribution in [0.2, 0.25) is 0 Å². The molecular weight excluding hydrogens is 352 g/mol. The van der Waals surface area contributed by atoms with Crippen LogP contribution in [0, 0.1) is 0 Å². The lowest BCUT2D eigenvalue weighted by molar-refractivity contribution is -0.136. The van der Waals surface area contributed by atoms with E-state index < -0.39 is 11.8 Å². The van der Waals surface area contributed by atoms with E-state index in [0.717, 1.165) is 37.2 Å². The van der Waals surface area contributed by atoms with Crippen LogP contribution in [0.4, 0.5) is 11.4 Å². The van der Waals surface area contributed by atoms with Crippen molar-refractivity contribution in [2.75, 3.05) is 43.9 Å². The summed E-state index contributed by atoms with van der Waals surface area (Å²) in [6, 6.07) is 17.4. The number of benzene rings is 2. The number of rotatable bonds is 6. The summed E-state index contributed by atoms with van der Waals surface area (Å²) in [7, 11) is 4.02. The van der Waals surface area contributed by atoms with Gasteiger partial charge in [-0.05, 0) is 55.8 Å². The number of carbonyl (C=O) groups excluding carboxylic acids is 2. The first-order valence-electron chi connectivity index (χ1n) is 9.70. The molecule has 1 aliphatic heterocycles. The van der Waals surface area contributed by atoms with Gasteiger partial charge >= 0.3 is 11.8 Å². The van der Waals surface area contributed by atoms with Gasteiger partial charge in [0, 0.05) is 32.0 Å². The molecule has 1 aliphatic rings. The van der Waals surface area contributed by atoms with E-state index in [9.17, 15) is 9.59 Å². The second-order valence-electron chi connectivity index (χ2n) is 7.28. The summed E-state index contributed by atoms with van der Waals surface area (Å²) in [5.74, 6) is -1.26. The molecule has 0 radical (unpaired) electrons. The zero-order valence-corrected chi connectivity index (χ0v) is 16.5. The lowest BCUT2D eigenvalue weighted by Gasteiger charge is -2.28. The summed E-state index contributed by atoms with van der Waals surface area (Å²) in [6.45, 7) is 2.42. The van der Waals surface area contributed by atoms with Gasteiger partial charge in [0.25, 0.3) is 0 Å². The molecule has 3 rings (SSSR count). The molecule has 1 atom stereocenters. The third kappa shape index (κ3) is 5.10. The maximum absolute atomic E-state index is 12.3. The molecule has 2 aromatic rings. The van der Waals surface area contributed by atoms with Crippen molar-refractivity contribution in [1.82, 2.24) is 10.2 Å². The number of nitrogens with one attached hydrogen (secondary N) is 2. The summed E-state index contributed by atoms with van der Waals surface area (Å²) < 4.78 is 0. The van der Waals surface area contributed by atoms with Crippen molar-refractivity contribution in [2.45, 2.75) is 18.9 Å². The SMILES string of the molecule is CN(C)c1ccc([C@@H](CNC(=O)C(=O)Nc2ccccc2)N2CCCC2)cc1. The van der Waals surface area contributed by atoms with Gasteiger partial charge in [0.1, 0.15) is 0 Å². The maximum Gasteiger partial charge on any atom is 0.313 e. The lowest BCUT2D eigenvalue weighted by atomic mass is 10.0. The number of amides is 2. The summed E-state index contributed by atoms with van der Waals surface area (Å²) in [5.41, 5.74) is 2.89. The number of likely N-dealkylation sites (tertiary alicyclic amines) is 1. The van der Waals surface area contributed by atoms with Crippen LogP contribution in [-0.4, -0.2) is 50.4 Å². The summed E-state index contributed by atoms with van der Waals surface area (Å²) >= 11 is 0. The second-order valence-corrected chi connectivity index (χ2v) is 7.28. The zero-order chi connectivity index (χ0) is 19.9. The number of nitrogens with zero attached hydrogens (tertiary/aromatic N) is 2. The predicted molar refractivity (Wildman–Crippen MR) is 112 cm³/mol. The van der Waals surface area contributed by atoms with Crippen LogP contribution in [0.5, 0.6) is 0 Å². The van der Waals surface area contributed by atoms with Gasteiger partial charge in [0.15, 0.2) is 0 Å². The Balaban J connectivity index is 1.64. The van der Waals surface area contributed by atoms with Crippen LogP contribution in [0.25, 0.3) is 0 Å². The molecule has 0 bridgehead atoms. The van der Waals surface area contributed by atoms with Crippen molar-refractivity contribution in [3.8, 4) is 0 Å². The summed E-state index contributed by atoms with van der Waals surface area (Å²) in [5, 5.41) is 5.44. The molecule has 0 aliphatic carbocycles. The first-order valence-corrected chi connectivity index (χ1v) is 9.70. The maximum atomic E-state index is 12.3. The molecule has 2 N–H and O–H groups in total. The molecule has 6 heteroatoms. The number of hydrogen-bond donors (Lipinski definition) is 2.